The first-order chi connectivity index (χ1) is 13.6. The monoisotopic (exact) mass is 371 g/mol. The van der Waals surface area contributed by atoms with Gasteiger partial charge >= 0.3 is 0 Å². The fourth-order valence-corrected chi connectivity index (χ4v) is 3.33. The van der Waals surface area contributed by atoms with E-state index < -0.39 is 5.91 Å². The number of carbonyl (C=O) groups excluding carboxylic acids is 1. The van der Waals surface area contributed by atoms with Gasteiger partial charge in [0.05, 0.1) is 16.6 Å². The van der Waals surface area contributed by atoms with Crippen LogP contribution in [0.15, 0.2) is 72.8 Å². The normalized spacial score (nSPS) is 10.9. The molecule has 2 N–H and O–H groups in total. The SMILES string of the molecule is Cc1ccccc1Cn1c(-c2ccccc2OCC(N)=O)nc2ccccc21. The second-order valence-corrected chi connectivity index (χ2v) is 6.69. The Morgan fingerprint density at radius 2 is 1.71 bits per heavy atom. The molecule has 0 bridgehead atoms. The van der Waals surface area contributed by atoms with E-state index in [0.717, 1.165) is 22.4 Å². The molecular weight excluding hydrogens is 350 g/mol. The van der Waals surface area contributed by atoms with Gasteiger partial charge in [0, 0.05) is 6.54 Å². The predicted molar refractivity (Wildman–Crippen MR) is 110 cm³/mol. The summed E-state index contributed by atoms with van der Waals surface area (Å²) in [4.78, 5) is 16.0. The predicted octanol–water partition coefficient (Wildman–Crippen LogP) is 3.92. The Hall–Kier alpha value is -3.60. The van der Waals surface area contributed by atoms with Crippen molar-refractivity contribution in [2.75, 3.05) is 6.61 Å². The first-order valence-corrected chi connectivity index (χ1v) is 9.14. The molecule has 5 heteroatoms. The van der Waals surface area contributed by atoms with E-state index in [1.54, 1.807) is 0 Å². The minimum atomic E-state index is -0.511. The number of benzene rings is 3. The van der Waals surface area contributed by atoms with Crippen LogP contribution in [-0.4, -0.2) is 22.1 Å². The van der Waals surface area contributed by atoms with E-state index in [2.05, 4.69) is 29.7 Å². The summed E-state index contributed by atoms with van der Waals surface area (Å²) in [6, 6.07) is 24.0. The topological polar surface area (TPSA) is 70.1 Å². The maximum atomic E-state index is 11.2. The minimum absolute atomic E-state index is 0.172. The zero-order valence-electron chi connectivity index (χ0n) is 15.6. The maximum absolute atomic E-state index is 11.2. The molecule has 0 atom stereocenters. The highest BCUT2D eigenvalue weighted by atomic mass is 16.5. The van der Waals surface area contributed by atoms with Crippen molar-refractivity contribution >= 4 is 16.9 Å². The van der Waals surface area contributed by atoms with Crippen LogP contribution in [0.25, 0.3) is 22.4 Å². The Labute approximate surface area is 163 Å². The lowest BCUT2D eigenvalue weighted by molar-refractivity contribution is -0.119. The number of fused-ring (bicyclic) bond motifs is 1. The number of primary amides is 1. The average Bonchev–Trinajstić information content (AvgIpc) is 3.07. The third-order valence-electron chi connectivity index (χ3n) is 4.74. The Bertz CT molecular complexity index is 1150. The highest BCUT2D eigenvalue weighted by Gasteiger charge is 2.17. The van der Waals surface area contributed by atoms with Crippen LogP contribution in [0.2, 0.25) is 0 Å². The molecule has 0 aliphatic carbocycles. The lowest BCUT2D eigenvalue weighted by Gasteiger charge is -2.14. The van der Waals surface area contributed by atoms with Gasteiger partial charge in [-0.25, -0.2) is 4.98 Å². The number of hydrogen-bond acceptors (Lipinski definition) is 3. The van der Waals surface area contributed by atoms with Crippen molar-refractivity contribution in [1.29, 1.82) is 0 Å². The molecule has 0 fully saturated rings. The molecule has 0 spiro atoms. The van der Waals surface area contributed by atoms with Crippen molar-refractivity contribution in [1.82, 2.24) is 9.55 Å². The first kappa shape index (κ1) is 17.8. The van der Waals surface area contributed by atoms with Gasteiger partial charge < -0.3 is 15.0 Å². The summed E-state index contributed by atoms with van der Waals surface area (Å²) in [7, 11) is 0. The second-order valence-electron chi connectivity index (χ2n) is 6.69. The average molecular weight is 371 g/mol. The molecule has 0 unspecified atom stereocenters. The van der Waals surface area contributed by atoms with Gasteiger partial charge in [-0.1, -0.05) is 48.5 Å². The van der Waals surface area contributed by atoms with Crippen LogP contribution in [0.3, 0.4) is 0 Å². The van der Waals surface area contributed by atoms with Gasteiger partial charge in [-0.3, -0.25) is 4.79 Å². The maximum Gasteiger partial charge on any atom is 0.255 e. The van der Waals surface area contributed by atoms with Gasteiger partial charge in [-0.2, -0.15) is 0 Å². The number of ether oxygens (including phenoxy) is 1. The van der Waals surface area contributed by atoms with Crippen molar-refractivity contribution in [3.05, 3.63) is 83.9 Å². The van der Waals surface area contributed by atoms with Crippen LogP contribution in [0.5, 0.6) is 5.75 Å². The highest BCUT2D eigenvalue weighted by molar-refractivity contribution is 5.82. The molecule has 1 aromatic heterocycles. The van der Waals surface area contributed by atoms with Crippen molar-refractivity contribution < 1.29 is 9.53 Å². The van der Waals surface area contributed by atoms with Gasteiger partial charge in [-0.05, 0) is 42.3 Å². The lowest BCUT2D eigenvalue weighted by Crippen LogP contribution is -2.20. The molecule has 1 heterocycles. The van der Waals surface area contributed by atoms with Gasteiger partial charge in [-0.15, -0.1) is 0 Å². The van der Waals surface area contributed by atoms with Crippen LogP contribution in [0.4, 0.5) is 0 Å². The van der Waals surface area contributed by atoms with Crippen molar-refractivity contribution in [2.24, 2.45) is 5.73 Å². The van der Waals surface area contributed by atoms with E-state index in [-0.39, 0.29) is 6.61 Å². The third-order valence-corrected chi connectivity index (χ3v) is 4.74. The van der Waals surface area contributed by atoms with E-state index in [4.69, 9.17) is 15.5 Å². The molecule has 0 saturated heterocycles. The van der Waals surface area contributed by atoms with Gasteiger partial charge in [0.2, 0.25) is 0 Å². The molecule has 0 aliphatic heterocycles. The van der Waals surface area contributed by atoms with E-state index in [9.17, 15) is 4.79 Å². The molecule has 5 nitrogen and oxygen atoms in total. The first-order valence-electron chi connectivity index (χ1n) is 9.14. The Balaban J connectivity index is 1.86. The zero-order valence-corrected chi connectivity index (χ0v) is 15.6. The number of carbonyl (C=O) groups is 1. The number of amides is 1. The fraction of sp³-hybridized carbons (Fsp3) is 0.130. The number of nitrogens with two attached hydrogens (primary N) is 1. The summed E-state index contributed by atoms with van der Waals surface area (Å²) in [5, 5.41) is 0. The molecule has 28 heavy (non-hydrogen) atoms. The molecule has 140 valence electrons. The van der Waals surface area contributed by atoms with Crippen LogP contribution in [0.1, 0.15) is 11.1 Å². The fourth-order valence-electron chi connectivity index (χ4n) is 3.33. The van der Waals surface area contributed by atoms with Crippen LogP contribution < -0.4 is 10.5 Å². The van der Waals surface area contributed by atoms with Gasteiger partial charge in [0.1, 0.15) is 11.6 Å². The zero-order chi connectivity index (χ0) is 19.5. The number of aromatic nitrogens is 2. The molecule has 0 radical (unpaired) electrons. The van der Waals surface area contributed by atoms with Crippen molar-refractivity contribution in [3.8, 4) is 17.1 Å². The number of aryl methyl sites for hydroxylation is 1. The molecule has 0 saturated carbocycles. The van der Waals surface area contributed by atoms with Crippen LogP contribution in [0, 0.1) is 6.92 Å². The Morgan fingerprint density at radius 1 is 1.00 bits per heavy atom. The molecule has 0 aliphatic rings. The number of hydrogen-bond donors (Lipinski definition) is 1. The van der Waals surface area contributed by atoms with E-state index in [0.29, 0.717) is 12.3 Å². The second kappa shape index (κ2) is 7.56. The third kappa shape index (κ3) is 3.47. The smallest absolute Gasteiger partial charge is 0.255 e. The van der Waals surface area contributed by atoms with Crippen LogP contribution >= 0.6 is 0 Å². The van der Waals surface area contributed by atoms with Crippen molar-refractivity contribution in [2.45, 2.75) is 13.5 Å². The van der Waals surface area contributed by atoms with E-state index in [1.165, 1.54) is 11.1 Å². The molecule has 4 rings (SSSR count). The summed E-state index contributed by atoms with van der Waals surface area (Å²) in [6.07, 6.45) is 0. The number of para-hydroxylation sites is 3. The van der Waals surface area contributed by atoms with Crippen LogP contribution in [-0.2, 0) is 11.3 Å². The highest BCUT2D eigenvalue weighted by Crippen LogP contribution is 2.32. The molecule has 1 amide bonds. The minimum Gasteiger partial charge on any atom is -0.483 e. The Morgan fingerprint density at radius 3 is 2.54 bits per heavy atom. The lowest BCUT2D eigenvalue weighted by atomic mass is 10.1. The quantitative estimate of drug-likeness (QED) is 0.558. The molecule has 3 aromatic carbocycles. The van der Waals surface area contributed by atoms with E-state index in [1.807, 2.05) is 54.6 Å². The summed E-state index contributed by atoms with van der Waals surface area (Å²) in [5.41, 5.74) is 10.5. The summed E-state index contributed by atoms with van der Waals surface area (Å²) in [5.74, 6) is 0.871. The molecule has 4 aromatic rings. The molecular formula is C23H21N3O2. The van der Waals surface area contributed by atoms with Gasteiger partial charge in [0.15, 0.2) is 6.61 Å². The standard InChI is InChI=1S/C23H21N3O2/c1-16-8-2-3-9-17(16)14-26-20-12-6-5-11-19(20)25-23(26)18-10-4-7-13-21(18)28-15-22(24)27/h2-13H,14-15H2,1H3,(H2,24,27). The number of nitrogens with zero attached hydrogens (tertiary/aromatic N) is 2. The number of imidazole rings is 1. The summed E-state index contributed by atoms with van der Waals surface area (Å²) < 4.78 is 7.83. The largest absolute Gasteiger partial charge is 0.483 e. The summed E-state index contributed by atoms with van der Waals surface area (Å²) >= 11 is 0. The van der Waals surface area contributed by atoms with Crippen molar-refractivity contribution in [3.63, 3.8) is 0 Å². The summed E-state index contributed by atoms with van der Waals surface area (Å²) in [6.45, 7) is 2.62. The number of rotatable bonds is 6. The Kier molecular flexibility index (Phi) is 4.81. The van der Waals surface area contributed by atoms with E-state index >= 15 is 0 Å². The van der Waals surface area contributed by atoms with Gasteiger partial charge in [0.25, 0.3) is 5.91 Å².